The van der Waals surface area contributed by atoms with Crippen LogP contribution in [0.1, 0.15) is 85.5 Å². The summed E-state index contributed by atoms with van der Waals surface area (Å²) in [5.41, 5.74) is 2.65. The van der Waals surface area contributed by atoms with Crippen LogP contribution in [0.15, 0.2) is 0 Å². The fourth-order valence-corrected chi connectivity index (χ4v) is 3.58. The number of hydrogen-bond donors (Lipinski definition) is 4. The molecule has 0 fully saturated rings. The van der Waals surface area contributed by atoms with E-state index in [1.54, 1.807) is 4.90 Å². The van der Waals surface area contributed by atoms with Crippen molar-refractivity contribution in [1.82, 2.24) is 26.3 Å². The normalized spacial score (nSPS) is 11.3. The highest BCUT2D eigenvalue weighted by Gasteiger charge is 2.14. The Bertz CT molecular complexity index is 861. The molecule has 45 heavy (non-hydrogen) atoms. The third-order valence-corrected chi connectivity index (χ3v) is 5.58. The molecule has 0 aromatic carbocycles. The van der Waals surface area contributed by atoms with Crippen LogP contribution in [0.25, 0.3) is 0 Å². The number of esters is 1. The van der Waals surface area contributed by atoms with Crippen molar-refractivity contribution in [3.63, 3.8) is 0 Å². The molecular weight excluding hydrogens is 598 g/mol. The maximum atomic E-state index is 12.9. The molecule has 4 N–H and O–H groups in total. The zero-order chi connectivity index (χ0) is 33.7. The van der Waals surface area contributed by atoms with Crippen molar-refractivity contribution in [3.05, 3.63) is 0 Å². The zero-order valence-electron chi connectivity index (χ0n) is 26.9. The van der Waals surface area contributed by atoms with Crippen molar-refractivity contribution in [2.24, 2.45) is 0 Å². The van der Waals surface area contributed by atoms with Gasteiger partial charge in [0.25, 0.3) is 0 Å². The van der Waals surface area contributed by atoms with E-state index in [1.165, 1.54) is 27.7 Å². The summed E-state index contributed by atoms with van der Waals surface area (Å²) < 4.78 is 4.83. The van der Waals surface area contributed by atoms with Crippen LogP contribution in [0.3, 0.4) is 0 Å². The van der Waals surface area contributed by atoms with Crippen molar-refractivity contribution in [2.75, 3.05) is 52.5 Å². The first-order valence-corrected chi connectivity index (χ1v) is 15.2. The maximum Gasteiger partial charge on any atom is 0.339 e. The van der Waals surface area contributed by atoms with Gasteiger partial charge in [-0.25, -0.2) is 14.4 Å². The maximum absolute atomic E-state index is 12.9. The van der Waals surface area contributed by atoms with E-state index in [2.05, 4.69) is 31.2 Å². The van der Waals surface area contributed by atoms with Gasteiger partial charge in [0.1, 0.15) is 0 Å². The summed E-state index contributed by atoms with van der Waals surface area (Å²) in [5, 5.41) is 8.48. The quantitative estimate of drug-likeness (QED) is 0.0300. The molecule has 1 unspecified atom stereocenters. The second-order valence-corrected chi connectivity index (χ2v) is 9.90. The molecule has 0 aliphatic carbocycles. The van der Waals surface area contributed by atoms with Crippen LogP contribution in [-0.4, -0.2) is 99.4 Å². The molecule has 1 atom stereocenters. The van der Waals surface area contributed by atoms with E-state index in [0.29, 0.717) is 97.1 Å². The van der Waals surface area contributed by atoms with Gasteiger partial charge in [-0.2, -0.15) is 15.3 Å². The average molecular weight is 650 g/mol. The molecule has 0 radical (unpaired) electrons. The number of carbonyl (C=O) groups is 6. The Morgan fingerprint density at radius 2 is 1.22 bits per heavy atom. The van der Waals surface area contributed by atoms with Crippen molar-refractivity contribution in [1.29, 1.82) is 0 Å². The molecule has 260 valence electrons. The number of rotatable bonds is 28. The van der Waals surface area contributed by atoms with Gasteiger partial charge in [-0.05, 0) is 58.0 Å². The minimum atomic E-state index is -1.22. The van der Waals surface area contributed by atoms with E-state index in [4.69, 9.17) is 19.3 Å². The number of carbonyl (C=O) groups excluding carboxylic acids is 6. The van der Waals surface area contributed by atoms with Crippen LogP contribution < -0.4 is 21.4 Å². The second kappa shape index (κ2) is 28.1. The van der Waals surface area contributed by atoms with Gasteiger partial charge < -0.3 is 20.3 Å². The van der Waals surface area contributed by atoms with E-state index in [1.807, 2.05) is 0 Å². The van der Waals surface area contributed by atoms with Gasteiger partial charge in [-0.1, -0.05) is 0 Å². The van der Waals surface area contributed by atoms with E-state index < -0.39 is 30.2 Å². The van der Waals surface area contributed by atoms with Gasteiger partial charge in [0.15, 0.2) is 0 Å². The highest BCUT2D eigenvalue weighted by molar-refractivity contribution is 5.76. The van der Waals surface area contributed by atoms with Crippen molar-refractivity contribution in [3.8, 4) is 0 Å². The van der Waals surface area contributed by atoms with Gasteiger partial charge >= 0.3 is 24.3 Å². The zero-order valence-corrected chi connectivity index (χ0v) is 26.9. The molecule has 0 spiro atoms. The van der Waals surface area contributed by atoms with Crippen LogP contribution in [0, 0.1) is 0 Å². The smallest absolute Gasteiger partial charge is 0.339 e. The number of hydrogen-bond acceptors (Lipinski definition) is 14. The summed E-state index contributed by atoms with van der Waals surface area (Å²) >= 11 is 0. The number of nitrogens with zero attached hydrogens (tertiary/aromatic N) is 1. The second-order valence-electron chi connectivity index (χ2n) is 9.90. The predicted octanol–water partition coefficient (Wildman–Crippen LogP) is 0.525. The highest BCUT2D eigenvalue weighted by Crippen LogP contribution is 2.05. The van der Waals surface area contributed by atoms with Gasteiger partial charge in [-0.3, -0.25) is 34.3 Å². The number of amides is 3. The summed E-state index contributed by atoms with van der Waals surface area (Å²) in [4.78, 5) is 93.8. The van der Waals surface area contributed by atoms with Crippen molar-refractivity contribution < 1.29 is 57.9 Å². The summed E-state index contributed by atoms with van der Waals surface area (Å²) in [6, 6.07) is 0. The molecule has 0 aliphatic rings. The lowest BCUT2D eigenvalue weighted by Crippen LogP contribution is -2.42. The third kappa shape index (κ3) is 29.1. The van der Waals surface area contributed by atoms with Gasteiger partial charge in [0, 0.05) is 66.7 Å². The molecule has 0 aliphatic heterocycles. The van der Waals surface area contributed by atoms with E-state index in [-0.39, 0.29) is 25.0 Å². The Hall–Kier alpha value is -3.38. The first-order chi connectivity index (χ1) is 21.5. The van der Waals surface area contributed by atoms with Gasteiger partial charge in [0.05, 0.1) is 13.2 Å². The van der Waals surface area contributed by atoms with Gasteiger partial charge in [0.2, 0.25) is 17.7 Å². The number of unbranched alkanes of at least 4 members (excludes halogenated alkanes) is 2. The molecule has 0 saturated carbocycles. The van der Waals surface area contributed by atoms with Crippen LogP contribution in [0.5, 0.6) is 0 Å². The largest absolute Gasteiger partial charge is 0.415 e. The molecule has 0 saturated heterocycles. The molecule has 0 bridgehead atoms. The van der Waals surface area contributed by atoms with E-state index in [0.717, 1.165) is 0 Å². The van der Waals surface area contributed by atoms with Crippen LogP contribution in [0.2, 0.25) is 0 Å². The monoisotopic (exact) mass is 649 g/mol. The lowest BCUT2D eigenvalue weighted by molar-refractivity contribution is -0.270. The van der Waals surface area contributed by atoms with Crippen LogP contribution in [0.4, 0.5) is 0 Å². The number of nitrogens with one attached hydrogen (secondary N) is 4. The molecule has 0 aromatic heterocycles. The Kier molecular flexibility index (Phi) is 26.0. The first-order valence-electron chi connectivity index (χ1n) is 15.2. The summed E-state index contributed by atoms with van der Waals surface area (Å²) in [5.74, 6) is -2.19. The summed E-state index contributed by atoms with van der Waals surface area (Å²) in [7, 11) is 0. The fraction of sp³-hybridized carbons (Fsp3) is 0.786. The lowest BCUT2D eigenvalue weighted by atomic mass is 10.2. The summed E-state index contributed by atoms with van der Waals surface area (Å²) in [6.07, 6.45) is 3.69. The van der Waals surface area contributed by atoms with Crippen LogP contribution >= 0.6 is 0 Å². The topological polar surface area (TPSA) is 209 Å². The fourth-order valence-electron chi connectivity index (χ4n) is 3.58. The third-order valence-electron chi connectivity index (χ3n) is 5.58. The van der Waals surface area contributed by atoms with E-state index in [9.17, 15) is 28.8 Å². The minimum Gasteiger partial charge on any atom is -0.415 e. The summed E-state index contributed by atoms with van der Waals surface area (Å²) in [6.45, 7) is 8.60. The number of hydroxylamine groups is 1. The molecule has 0 heterocycles. The molecule has 3 amide bonds. The molecule has 0 rings (SSSR count). The van der Waals surface area contributed by atoms with Crippen molar-refractivity contribution >= 4 is 35.6 Å². The Balaban J connectivity index is 4.35. The first kappa shape index (κ1) is 41.6. The Morgan fingerprint density at radius 3 is 1.80 bits per heavy atom. The Morgan fingerprint density at radius 1 is 0.644 bits per heavy atom. The van der Waals surface area contributed by atoms with Gasteiger partial charge in [-0.15, -0.1) is 0 Å². The van der Waals surface area contributed by atoms with E-state index >= 15 is 0 Å². The molecule has 17 nitrogen and oxygen atoms in total. The van der Waals surface area contributed by atoms with Crippen molar-refractivity contribution in [2.45, 2.75) is 91.9 Å². The number of ether oxygens (including phenoxy) is 1. The molecule has 0 aromatic rings. The standard InChI is InChI=1S/C28H51N5O12/c1-22(34)32-28(42-23(2)35)43-31-17-9-14-29-15-10-18-33(27(39)13-6-8-21-41-45-25(4)37)19-11-16-30-26(38)12-5-7-20-40-44-24(3)36/h28-29,31H,5-21H2,1-4H3,(H,30,38)(H,32,34). The highest BCUT2D eigenvalue weighted by atomic mass is 17.2. The molecule has 17 heteroatoms. The van der Waals surface area contributed by atoms with Crippen LogP contribution in [-0.2, 0) is 57.9 Å². The minimum absolute atomic E-state index is 0.00977. The average Bonchev–Trinajstić information content (AvgIpc) is 2.95. The Labute approximate surface area is 264 Å². The SMILES string of the molecule is CC(=O)NC(ONCCCNCCCN(CCCNC(=O)CCCCOOC(C)=O)C(=O)CCCCOOC(C)=O)OC(C)=O. The lowest BCUT2D eigenvalue weighted by Gasteiger charge is -2.23. The molecular formula is C28H51N5O12. The predicted molar refractivity (Wildman–Crippen MR) is 158 cm³/mol.